The van der Waals surface area contributed by atoms with E-state index in [-0.39, 0.29) is 12.6 Å². The lowest BCUT2D eigenvalue weighted by atomic mass is 10.1. The first-order valence-corrected chi connectivity index (χ1v) is 8.19. The molecule has 4 N–H and O–H groups in total. The number of ether oxygens (including phenoxy) is 1. The van der Waals surface area contributed by atoms with Crippen molar-refractivity contribution in [3.8, 4) is 0 Å². The molecule has 1 aromatic carbocycles. The number of carbonyl (C=O) groups excluding carboxylic acids is 1. The molecule has 0 amide bonds. The zero-order chi connectivity index (χ0) is 15.8. The lowest BCUT2D eigenvalue weighted by molar-refractivity contribution is 0.0600. The van der Waals surface area contributed by atoms with E-state index in [0.717, 1.165) is 5.56 Å². The summed E-state index contributed by atoms with van der Waals surface area (Å²) in [6.07, 6.45) is 0.0936. The lowest BCUT2D eigenvalue weighted by Gasteiger charge is -2.04. The Hall–Kier alpha value is -1.14. The Kier molecular flexibility index (Phi) is 8.41. The SMILES string of the molecule is COC(=O)c1ccc(CCP(=O)(O)O)cc1.O=[P+](O)O. The van der Waals surface area contributed by atoms with Gasteiger partial charge in [0, 0.05) is 4.57 Å². The molecule has 0 aliphatic rings. The fourth-order valence-electron chi connectivity index (χ4n) is 1.20. The quantitative estimate of drug-likeness (QED) is 0.471. The van der Waals surface area contributed by atoms with Crippen molar-refractivity contribution in [2.75, 3.05) is 13.3 Å². The summed E-state index contributed by atoms with van der Waals surface area (Å²) in [4.78, 5) is 42.7. The Morgan fingerprint density at radius 3 is 2.05 bits per heavy atom. The van der Waals surface area contributed by atoms with Crippen molar-refractivity contribution < 1.29 is 38.2 Å². The molecule has 0 fully saturated rings. The van der Waals surface area contributed by atoms with Gasteiger partial charge >= 0.3 is 21.8 Å². The molecule has 0 saturated heterocycles. The van der Waals surface area contributed by atoms with Gasteiger partial charge in [0.15, 0.2) is 0 Å². The number of hydrogen-bond acceptors (Lipinski definition) is 4. The third-order valence-corrected chi connectivity index (χ3v) is 2.87. The molecule has 0 aliphatic carbocycles. The summed E-state index contributed by atoms with van der Waals surface area (Å²) in [6, 6.07) is 6.45. The van der Waals surface area contributed by atoms with Crippen LogP contribution in [0.3, 0.4) is 0 Å². The van der Waals surface area contributed by atoms with Crippen molar-refractivity contribution in [1.82, 2.24) is 0 Å². The molecule has 20 heavy (non-hydrogen) atoms. The maximum atomic E-state index is 11.1. The average molecular weight is 325 g/mol. The number of esters is 1. The number of methoxy groups -OCH3 is 1. The molecule has 0 aromatic heterocycles. The molecule has 1 aromatic rings. The second-order valence-corrected chi connectivity index (χ2v) is 5.86. The van der Waals surface area contributed by atoms with Crippen molar-refractivity contribution in [2.45, 2.75) is 6.42 Å². The number of aryl methyl sites for hydroxylation is 1. The fourth-order valence-corrected chi connectivity index (χ4v) is 1.75. The standard InChI is InChI=1S/C10H13O5P.HO3P/c1-15-10(11)9-4-2-8(3-5-9)6-7-16(12,13)14;1-4(2)3/h2-5H,6-7H2,1H3,(H2,12,13,14);(H-,1,2,3)/p+1. The van der Waals surface area contributed by atoms with E-state index in [1.165, 1.54) is 7.11 Å². The van der Waals surface area contributed by atoms with Crippen LogP contribution in [0.5, 0.6) is 0 Å². The zero-order valence-corrected chi connectivity index (χ0v) is 12.3. The highest BCUT2D eigenvalue weighted by atomic mass is 31.2. The molecule has 0 saturated carbocycles. The van der Waals surface area contributed by atoms with Gasteiger partial charge in [0.25, 0.3) is 0 Å². The van der Waals surface area contributed by atoms with Gasteiger partial charge in [-0.2, -0.15) is 0 Å². The Bertz CT molecular complexity index is 488. The van der Waals surface area contributed by atoms with Crippen LogP contribution in [0.25, 0.3) is 0 Å². The van der Waals surface area contributed by atoms with E-state index in [2.05, 4.69) is 4.74 Å². The zero-order valence-electron chi connectivity index (χ0n) is 10.5. The van der Waals surface area contributed by atoms with Gasteiger partial charge < -0.3 is 14.5 Å². The predicted octanol–water partition coefficient (Wildman–Crippen LogP) is 0.822. The highest BCUT2D eigenvalue weighted by Crippen LogP contribution is 2.34. The van der Waals surface area contributed by atoms with Crippen molar-refractivity contribution in [3.05, 3.63) is 35.4 Å². The maximum absolute atomic E-state index is 11.1. The van der Waals surface area contributed by atoms with Crippen LogP contribution < -0.4 is 0 Å². The Balaban J connectivity index is 0.000000796. The summed E-state index contributed by atoms with van der Waals surface area (Å²) in [5.41, 5.74) is 1.19. The molecule has 10 heteroatoms. The van der Waals surface area contributed by atoms with Gasteiger partial charge in [-0.05, 0) is 24.1 Å². The first-order chi connectivity index (χ1) is 9.15. The number of carbonyl (C=O) groups is 1. The smallest absolute Gasteiger partial charge is 0.465 e. The van der Waals surface area contributed by atoms with Crippen molar-refractivity contribution in [1.29, 1.82) is 0 Å². The summed E-state index contributed by atoms with van der Waals surface area (Å²) in [6.45, 7) is 0. The van der Waals surface area contributed by atoms with Crippen LogP contribution in [0.15, 0.2) is 24.3 Å². The monoisotopic (exact) mass is 325 g/mol. The fraction of sp³-hybridized carbons (Fsp3) is 0.300. The highest BCUT2D eigenvalue weighted by Gasteiger charge is 2.12. The summed E-state index contributed by atoms with van der Waals surface area (Å²) >= 11 is 0. The van der Waals surface area contributed by atoms with E-state index >= 15 is 0 Å². The second kappa shape index (κ2) is 8.92. The Labute approximate surface area is 116 Å². The summed E-state index contributed by atoms with van der Waals surface area (Å²) in [5.74, 6) is -0.429. The summed E-state index contributed by atoms with van der Waals surface area (Å²) in [7, 11) is -5.53. The van der Waals surface area contributed by atoms with Gasteiger partial charge in [-0.3, -0.25) is 4.57 Å². The first kappa shape index (κ1) is 18.9. The van der Waals surface area contributed by atoms with Gasteiger partial charge in [0.1, 0.15) is 0 Å². The van der Waals surface area contributed by atoms with Gasteiger partial charge in [-0.1, -0.05) is 12.1 Å². The van der Waals surface area contributed by atoms with E-state index < -0.39 is 21.8 Å². The molecule has 112 valence electrons. The van der Waals surface area contributed by atoms with Gasteiger partial charge in [0.2, 0.25) is 0 Å². The van der Waals surface area contributed by atoms with Crippen LogP contribution >= 0.6 is 15.9 Å². The van der Waals surface area contributed by atoms with Crippen LogP contribution in [0, 0.1) is 0 Å². The van der Waals surface area contributed by atoms with Crippen LogP contribution in [0.1, 0.15) is 15.9 Å². The Morgan fingerprint density at radius 2 is 1.70 bits per heavy atom. The van der Waals surface area contributed by atoms with Gasteiger partial charge in [-0.15, -0.1) is 9.79 Å². The molecule has 0 heterocycles. The highest BCUT2D eigenvalue weighted by molar-refractivity contribution is 7.51. The second-order valence-electron chi connectivity index (χ2n) is 3.58. The van der Waals surface area contributed by atoms with Crippen LogP contribution in [0.2, 0.25) is 0 Å². The molecule has 0 unspecified atom stereocenters. The molecule has 8 nitrogen and oxygen atoms in total. The minimum Gasteiger partial charge on any atom is -0.465 e. The summed E-state index contributed by atoms with van der Waals surface area (Å²) in [5, 5.41) is 0. The molecule has 1 rings (SSSR count). The minimum absolute atomic E-state index is 0.190. The van der Waals surface area contributed by atoms with Gasteiger partial charge in [0.05, 0.1) is 18.8 Å². The average Bonchev–Trinajstić information content (AvgIpc) is 2.34. The van der Waals surface area contributed by atoms with E-state index in [4.69, 9.17) is 24.1 Å². The Morgan fingerprint density at radius 1 is 1.25 bits per heavy atom. The molecule has 0 radical (unpaired) electrons. The minimum atomic E-state index is -3.96. The topological polar surface area (TPSA) is 141 Å². The van der Waals surface area contributed by atoms with E-state index in [0.29, 0.717) is 5.56 Å². The first-order valence-electron chi connectivity index (χ1n) is 5.22. The molecule has 0 bridgehead atoms. The number of hydrogen-bond donors (Lipinski definition) is 4. The van der Waals surface area contributed by atoms with Crippen molar-refractivity contribution in [2.24, 2.45) is 0 Å². The molecule has 0 aliphatic heterocycles. The van der Waals surface area contributed by atoms with Crippen molar-refractivity contribution >= 4 is 21.8 Å². The largest absolute Gasteiger partial charge is 0.692 e. The number of benzene rings is 1. The van der Waals surface area contributed by atoms with E-state index in [1.807, 2.05) is 0 Å². The van der Waals surface area contributed by atoms with E-state index in [1.54, 1.807) is 24.3 Å². The lowest BCUT2D eigenvalue weighted by Crippen LogP contribution is -2.01. The van der Waals surface area contributed by atoms with E-state index in [9.17, 15) is 9.36 Å². The third kappa shape index (κ3) is 9.75. The van der Waals surface area contributed by atoms with Crippen LogP contribution in [-0.2, 0) is 20.3 Å². The molecular formula is C10H15O8P2+. The number of rotatable bonds is 4. The van der Waals surface area contributed by atoms with Crippen LogP contribution in [-0.4, -0.2) is 38.8 Å². The molecule has 0 spiro atoms. The van der Waals surface area contributed by atoms with Gasteiger partial charge in [-0.25, -0.2) is 4.79 Å². The normalized spacial score (nSPS) is 10.2. The predicted molar refractivity (Wildman–Crippen MR) is 70.4 cm³/mol. The molecular weight excluding hydrogens is 310 g/mol. The third-order valence-electron chi connectivity index (χ3n) is 2.07. The summed E-state index contributed by atoms with van der Waals surface area (Å²) < 4.78 is 23.9. The molecule has 0 atom stereocenters. The van der Waals surface area contributed by atoms with Crippen molar-refractivity contribution in [3.63, 3.8) is 0 Å². The van der Waals surface area contributed by atoms with Crippen LogP contribution in [0.4, 0.5) is 0 Å². The maximum Gasteiger partial charge on any atom is 0.692 e.